The summed E-state index contributed by atoms with van der Waals surface area (Å²) in [5, 5.41) is 8.86. The first-order chi connectivity index (χ1) is 3.79. The normalized spacial score (nSPS) is 60.8. The van der Waals surface area contributed by atoms with Crippen LogP contribution in [0.15, 0.2) is 0 Å². The maximum absolute atomic E-state index is 8.86. The van der Waals surface area contributed by atoms with Crippen LogP contribution >= 0.6 is 0 Å². The average molecular weight is 116 g/mol. The van der Waals surface area contributed by atoms with Gasteiger partial charge in [-0.25, -0.2) is 0 Å². The van der Waals surface area contributed by atoms with Crippen LogP contribution in [0, 0.1) is 0 Å². The number of aliphatic hydroxyl groups is 1. The Hall–Kier alpha value is -0.120. The minimum Gasteiger partial charge on any atom is -0.366 e. The van der Waals surface area contributed by atoms with Crippen LogP contribution in [0.1, 0.15) is 6.92 Å². The zero-order valence-corrected chi connectivity index (χ0v) is 4.57. The van der Waals surface area contributed by atoms with Crippen molar-refractivity contribution in [3.63, 3.8) is 0 Å². The fourth-order valence-electron chi connectivity index (χ4n) is 1.12. The highest BCUT2D eigenvalue weighted by Crippen LogP contribution is 2.37. The fraction of sp³-hybridized carbons (Fsp3) is 1.00. The van der Waals surface area contributed by atoms with Gasteiger partial charge in [0.1, 0.15) is 12.2 Å². The summed E-state index contributed by atoms with van der Waals surface area (Å²) in [5.74, 6) is 0. The van der Waals surface area contributed by atoms with Crippen molar-refractivity contribution >= 4 is 0 Å². The SMILES string of the molecule is C[C@H]1O[C@H](O)[C@H]2O[C@@H]21. The zero-order valence-electron chi connectivity index (χ0n) is 4.57. The van der Waals surface area contributed by atoms with Crippen molar-refractivity contribution in [3.05, 3.63) is 0 Å². The highest BCUT2D eigenvalue weighted by Gasteiger charge is 2.55. The van der Waals surface area contributed by atoms with E-state index in [1.54, 1.807) is 0 Å². The van der Waals surface area contributed by atoms with Crippen molar-refractivity contribution in [3.8, 4) is 0 Å². The van der Waals surface area contributed by atoms with E-state index < -0.39 is 6.29 Å². The van der Waals surface area contributed by atoms with Crippen LogP contribution in [0.4, 0.5) is 0 Å². The number of fused-ring (bicyclic) bond motifs is 1. The molecule has 2 heterocycles. The molecule has 0 amide bonds. The summed E-state index contributed by atoms with van der Waals surface area (Å²) in [7, 11) is 0. The fourth-order valence-corrected chi connectivity index (χ4v) is 1.12. The minimum atomic E-state index is -0.657. The molecular weight excluding hydrogens is 108 g/mol. The first-order valence-electron chi connectivity index (χ1n) is 2.78. The molecule has 0 radical (unpaired) electrons. The Morgan fingerprint density at radius 2 is 2.00 bits per heavy atom. The number of aliphatic hydroxyl groups excluding tert-OH is 1. The van der Waals surface area contributed by atoms with Gasteiger partial charge in [-0.05, 0) is 6.92 Å². The predicted octanol–water partition coefficient (Wildman–Crippen LogP) is -0.509. The van der Waals surface area contributed by atoms with E-state index in [1.165, 1.54) is 0 Å². The van der Waals surface area contributed by atoms with Crippen molar-refractivity contribution < 1.29 is 14.6 Å². The molecule has 0 saturated carbocycles. The van der Waals surface area contributed by atoms with E-state index in [2.05, 4.69) is 0 Å². The summed E-state index contributed by atoms with van der Waals surface area (Å²) in [5.41, 5.74) is 0. The quantitative estimate of drug-likeness (QED) is 0.433. The van der Waals surface area contributed by atoms with Gasteiger partial charge in [0.2, 0.25) is 0 Å². The third kappa shape index (κ3) is 0.438. The molecule has 0 aromatic rings. The van der Waals surface area contributed by atoms with Crippen molar-refractivity contribution in [1.29, 1.82) is 0 Å². The summed E-state index contributed by atoms with van der Waals surface area (Å²) in [6.45, 7) is 1.90. The van der Waals surface area contributed by atoms with Crippen LogP contribution in [0.5, 0.6) is 0 Å². The molecule has 2 saturated heterocycles. The molecule has 46 valence electrons. The van der Waals surface area contributed by atoms with Crippen LogP contribution in [-0.4, -0.2) is 29.7 Å². The average Bonchev–Trinajstić information content (AvgIpc) is 2.35. The van der Waals surface area contributed by atoms with Gasteiger partial charge in [0.25, 0.3) is 0 Å². The van der Waals surface area contributed by atoms with E-state index in [0.29, 0.717) is 0 Å². The second kappa shape index (κ2) is 1.23. The number of ether oxygens (including phenoxy) is 2. The molecule has 8 heavy (non-hydrogen) atoms. The number of hydrogen-bond donors (Lipinski definition) is 1. The first kappa shape index (κ1) is 4.73. The molecule has 0 aromatic carbocycles. The first-order valence-corrected chi connectivity index (χ1v) is 2.78. The molecule has 0 spiro atoms. The predicted molar refractivity (Wildman–Crippen MR) is 25.2 cm³/mol. The topological polar surface area (TPSA) is 42.0 Å². The Morgan fingerprint density at radius 1 is 1.25 bits per heavy atom. The van der Waals surface area contributed by atoms with Crippen LogP contribution in [0.3, 0.4) is 0 Å². The summed E-state index contributed by atoms with van der Waals surface area (Å²) < 4.78 is 9.96. The Kier molecular flexibility index (Phi) is 0.730. The molecule has 0 unspecified atom stereocenters. The molecule has 4 atom stereocenters. The van der Waals surface area contributed by atoms with Gasteiger partial charge in [-0.2, -0.15) is 0 Å². The zero-order chi connectivity index (χ0) is 5.72. The Bertz CT molecular complexity index is 98.2. The second-order valence-electron chi connectivity index (χ2n) is 2.30. The highest BCUT2D eigenvalue weighted by atomic mass is 16.7. The van der Waals surface area contributed by atoms with E-state index >= 15 is 0 Å². The molecule has 0 bridgehead atoms. The molecule has 2 rings (SSSR count). The highest BCUT2D eigenvalue weighted by molar-refractivity contribution is 4.97. The molecule has 2 aliphatic heterocycles. The summed E-state index contributed by atoms with van der Waals surface area (Å²) in [6.07, 6.45) is -0.389. The Labute approximate surface area is 47.2 Å². The monoisotopic (exact) mass is 116 g/mol. The van der Waals surface area contributed by atoms with Gasteiger partial charge >= 0.3 is 0 Å². The van der Waals surface area contributed by atoms with Gasteiger partial charge in [0.15, 0.2) is 6.29 Å². The van der Waals surface area contributed by atoms with Crippen LogP contribution < -0.4 is 0 Å². The molecule has 1 N–H and O–H groups in total. The maximum Gasteiger partial charge on any atom is 0.184 e. The molecule has 2 aliphatic rings. The maximum atomic E-state index is 8.86. The number of rotatable bonds is 0. The Morgan fingerprint density at radius 3 is 2.12 bits per heavy atom. The van der Waals surface area contributed by atoms with Crippen LogP contribution in [-0.2, 0) is 9.47 Å². The summed E-state index contributed by atoms with van der Waals surface area (Å²) >= 11 is 0. The van der Waals surface area contributed by atoms with Gasteiger partial charge in [-0.15, -0.1) is 0 Å². The molecular formula is C5H8O3. The lowest BCUT2D eigenvalue weighted by Crippen LogP contribution is -2.16. The standard InChI is InChI=1S/C5H8O3/c1-2-3-4(8-3)5(6)7-2/h2-6H,1H3/t2-,3-,4+,5+/m1/s1. The third-order valence-electron chi connectivity index (χ3n) is 1.66. The van der Waals surface area contributed by atoms with Crippen molar-refractivity contribution in [2.45, 2.75) is 31.5 Å². The smallest absolute Gasteiger partial charge is 0.184 e. The minimum absolute atomic E-state index is 0.00926. The van der Waals surface area contributed by atoms with Crippen LogP contribution in [0.2, 0.25) is 0 Å². The molecule has 3 heteroatoms. The third-order valence-corrected chi connectivity index (χ3v) is 1.66. The second-order valence-corrected chi connectivity index (χ2v) is 2.30. The number of hydrogen-bond acceptors (Lipinski definition) is 3. The van der Waals surface area contributed by atoms with Crippen molar-refractivity contribution in [2.75, 3.05) is 0 Å². The van der Waals surface area contributed by atoms with Gasteiger partial charge in [0.05, 0.1) is 6.10 Å². The molecule has 0 aliphatic carbocycles. The lowest BCUT2D eigenvalue weighted by Gasteiger charge is -2.06. The van der Waals surface area contributed by atoms with Crippen molar-refractivity contribution in [1.82, 2.24) is 0 Å². The van der Waals surface area contributed by atoms with Gasteiger partial charge < -0.3 is 14.6 Å². The van der Waals surface area contributed by atoms with Gasteiger partial charge in [-0.1, -0.05) is 0 Å². The van der Waals surface area contributed by atoms with Gasteiger partial charge in [0, 0.05) is 0 Å². The summed E-state index contributed by atoms with van der Waals surface area (Å²) in [6, 6.07) is 0. The largest absolute Gasteiger partial charge is 0.366 e. The van der Waals surface area contributed by atoms with Crippen molar-refractivity contribution in [2.24, 2.45) is 0 Å². The summed E-state index contributed by atoms with van der Waals surface area (Å²) in [4.78, 5) is 0. The van der Waals surface area contributed by atoms with E-state index in [0.717, 1.165) is 0 Å². The van der Waals surface area contributed by atoms with E-state index in [4.69, 9.17) is 14.6 Å². The molecule has 2 fully saturated rings. The Balaban J connectivity index is 2.09. The van der Waals surface area contributed by atoms with E-state index in [1.807, 2.05) is 6.92 Å². The number of epoxide rings is 1. The molecule has 0 aromatic heterocycles. The lowest BCUT2D eigenvalue weighted by molar-refractivity contribution is -0.134. The lowest BCUT2D eigenvalue weighted by atomic mass is 10.3. The van der Waals surface area contributed by atoms with E-state index in [9.17, 15) is 0 Å². The van der Waals surface area contributed by atoms with Crippen LogP contribution in [0.25, 0.3) is 0 Å². The van der Waals surface area contributed by atoms with E-state index in [-0.39, 0.29) is 18.3 Å². The molecule has 3 nitrogen and oxygen atoms in total. The van der Waals surface area contributed by atoms with Gasteiger partial charge in [-0.3, -0.25) is 0 Å².